The molecule has 1 N–H and O–H groups in total. The van der Waals surface area contributed by atoms with Gasteiger partial charge >= 0.3 is 5.97 Å². The van der Waals surface area contributed by atoms with Crippen molar-refractivity contribution >= 4 is 28.3 Å². The van der Waals surface area contributed by atoms with E-state index >= 15 is 0 Å². The van der Waals surface area contributed by atoms with E-state index in [1.54, 1.807) is 0 Å². The van der Waals surface area contributed by atoms with Crippen LogP contribution in [0.4, 0.5) is 10.8 Å². The fourth-order valence-electron chi connectivity index (χ4n) is 1.88. The number of hydrogen-bond donors (Lipinski definition) is 1. The molecule has 2 rings (SSSR count). The molecule has 0 amide bonds. The Morgan fingerprint density at radius 1 is 1.36 bits per heavy atom. The van der Waals surface area contributed by atoms with Gasteiger partial charge in [0.2, 0.25) is 5.13 Å². The second-order valence-corrected chi connectivity index (χ2v) is 6.71. The Hall–Kier alpha value is -1.95. The molecule has 0 unspecified atom stereocenters. The maximum Gasteiger partial charge on any atom is 0.310 e. The van der Waals surface area contributed by atoms with Crippen molar-refractivity contribution in [2.45, 2.75) is 46.1 Å². The molecule has 0 saturated heterocycles. The maximum atomic E-state index is 11.9. The molecule has 0 atom stereocenters. The van der Waals surface area contributed by atoms with Crippen LogP contribution in [-0.2, 0) is 22.4 Å². The van der Waals surface area contributed by atoms with Gasteiger partial charge in [0.15, 0.2) is 0 Å². The number of rotatable bonds is 5. The van der Waals surface area contributed by atoms with Gasteiger partial charge in [-0.2, -0.15) is 4.37 Å². The Balaban J connectivity index is 2.02. The Bertz CT molecular complexity index is 647. The zero-order valence-electron chi connectivity index (χ0n) is 13.3. The van der Waals surface area contributed by atoms with Crippen molar-refractivity contribution in [2.24, 2.45) is 0 Å². The molecule has 0 radical (unpaired) electrons. The number of benzene rings is 1. The molecule has 1 aromatic heterocycles. The smallest absolute Gasteiger partial charge is 0.310 e. The first-order valence-corrected chi connectivity index (χ1v) is 8.03. The van der Waals surface area contributed by atoms with E-state index in [0.29, 0.717) is 0 Å². The van der Waals surface area contributed by atoms with Crippen molar-refractivity contribution in [1.29, 1.82) is 0 Å². The number of aryl methyl sites for hydroxylation is 1. The number of ether oxygens (including phenoxy) is 1. The molecule has 5 nitrogen and oxygen atoms in total. The monoisotopic (exact) mass is 319 g/mol. The Labute approximate surface area is 134 Å². The first-order valence-electron chi connectivity index (χ1n) is 7.26. The highest BCUT2D eigenvalue weighted by Crippen LogP contribution is 2.20. The summed E-state index contributed by atoms with van der Waals surface area (Å²) in [6.45, 7) is 7.62. The van der Waals surface area contributed by atoms with Crippen LogP contribution in [0.15, 0.2) is 24.3 Å². The predicted octanol–water partition coefficient (Wildman–Crippen LogP) is 3.73. The second kappa shape index (κ2) is 6.87. The number of nitrogens with zero attached hydrogens (tertiary/aromatic N) is 2. The fourth-order valence-corrected chi connectivity index (χ4v) is 2.55. The zero-order chi connectivity index (χ0) is 16.2. The number of carbonyl (C=O) groups is 1. The SMILES string of the molecule is CCc1nsc(Nc2cccc(CC(=O)OC(C)(C)C)c2)n1. The van der Waals surface area contributed by atoms with Crippen molar-refractivity contribution in [2.75, 3.05) is 5.32 Å². The number of anilines is 2. The van der Waals surface area contributed by atoms with Crippen molar-refractivity contribution in [3.05, 3.63) is 35.7 Å². The lowest BCUT2D eigenvalue weighted by Gasteiger charge is -2.19. The van der Waals surface area contributed by atoms with Gasteiger partial charge in [0.05, 0.1) is 6.42 Å². The Kier molecular flexibility index (Phi) is 5.13. The predicted molar refractivity (Wildman–Crippen MR) is 88.6 cm³/mol. The van der Waals surface area contributed by atoms with Gasteiger partial charge in [0.25, 0.3) is 0 Å². The van der Waals surface area contributed by atoms with Gasteiger partial charge in [0, 0.05) is 23.6 Å². The van der Waals surface area contributed by atoms with E-state index in [1.165, 1.54) is 11.5 Å². The van der Waals surface area contributed by atoms with E-state index < -0.39 is 5.60 Å². The summed E-state index contributed by atoms with van der Waals surface area (Å²) in [6.07, 6.45) is 1.07. The summed E-state index contributed by atoms with van der Waals surface area (Å²) in [5.41, 5.74) is 1.33. The first-order chi connectivity index (χ1) is 10.4. The highest BCUT2D eigenvalue weighted by Gasteiger charge is 2.16. The maximum absolute atomic E-state index is 11.9. The minimum absolute atomic E-state index is 0.228. The van der Waals surface area contributed by atoms with Gasteiger partial charge in [-0.3, -0.25) is 4.79 Å². The summed E-state index contributed by atoms with van der Waals surface area (Å²) in [5.74, 6) is 0.603. The lowest BCUT2D eigenvalue weighted by Crippen LogP contribution is -2.24. The summed E-state index contributed by atoms with van der Waals surface area (Å²) in [7, 11) is 0. The molecule has 6 heteroatoms. The van der Waals surface area contributed by atoms with E-state index in [9.17, 15) is 4.79 Å². The summed E-state index contributed by atoms with van der Waals surface area (Å²) in [6, 6.07) is 7.68. The third kappa shape index (κ3) is 5.11. The summed E-state index contributed by atoms with van der Waals surface area (Å²) in [5, 5.41) is 3.97. The molecule has 0 aliphatic rings. The summed E-state index contributed by atoms with van der Waals surface area (Å²) < 4.78 is 9.57. The molecule has 1 aromatic carbocycles. The van der Waals surface area contributed by atoms with Crippen LogP contribution in [0, 0.1) is 0 Å². The van der Waals surface area contributed by atoms with Crippen LogP contribution in [0.25, 0.3) is 0 Å². The summed E-state index contributed by atoms with van der Waals surface area (Å²) in [4.78, 5) is 16.2. The fraction of sp³-hybridized carbons (Fsp3) is 0.438. The molecule has 0 fully saturated rings. The van der Waals surface area contributed by atoms with Crippen molar-refractivity contribution in [1.82, 2.24) is 9.36 Å². The minimum Gasteiger partial charge on any atom is -0.460 e. The van der Waals surface area contributed by atoms with Crippen LogP contribution in [0.1, 0.15) is 39.1 Å². The number of esters is 1. The molecule has 0 saturated carbocycles. The molecule has 2 aromatic rings. The van der Waals surface area contributed by atoms with Gasteiger partial charge < -0.3 is 10.1 Å². The van der Waals surface area contributed by atoms with E-state index in [1.807, 2.05) is 52.0 Å². The van der Waals surface area contributed by atoms with Crippen LogP contribution in [-0.4, -0.2) is 20.9 Å². The van der Waals surface area contributed by atoms with E-state index in [-0.39, 0.29) is 12.4 Å². The van der Waals surface area contributed by atoms with Gasteiger partial charge in [-0.25, -0.2) is 4.98 Å². The number of aromatic nitrogens is 2. The Morgan fingerprint density at radius 3 is 2.77 bits per heavy atom. The van der Waals surface area contributed by atoms with Crippen molar-refractivity contribution in [3.63, 3.8) is 0 Å². The topological polar surface area (TPSA) is 64.1 Å². The van der Waals surface area contributed by atoms with Gasteiger partial charge in [-0.05, 0) is 38.5 Å². The lowest BCUT2D eigenvalue weighted by molar-refractivity contribution is -0.153. The van der Waals surface area contributed by atoms with Crippen LogP contribution >= 0.6 is 11.5 Å². The number of nitrogens with one attached hydrogen (secondary N) is 1. The lowest BCUT2D eigenvalue weighted by atomic mass is 10.1. The molecule has 0 spiro atoms. The third-order valence-corrected chi connectivity index (χ3v) is 3.40. The molecule has 22 heavy (non-hydrogen) atoms. The summed E-state index contributed by atoms with van der Waals surface area (Å²) >= 11 is 1.33. The average molecular weight is 319 g/mol. The molecular weight excluding hydrogens is 298 g/mol. The first kappa shape index (κ1) is 16.4. The molecule has 1 heterocycles. The van der Waals surface area contributed by atoms with Crippen LogP contribution < -0.4 is 5.32 Å². The van der Waals surface area contributed by atoms with E-state index in [2.05, 4.69) is 14.7 Å². The van der Waals surface area contributed by atoms with Crippen LogP contribution in [0.5, 0.6) is 0 Å². The van der Waals surface area contributed by atoms with Crippen LogP contribution in [0.3, 0.4) is 0 Å². The highest BCUT2D eigenvalue weighted by molar-refractivity contribution is 7.09. The third-order valence-electron chi connectivity index (χ3n) is 2.73. The number of hydrogen-bond acceptors (Lipinski definition) is 6. The largest absolute Gasteiger partial charge is 0.460 e. The van der Waals surface area contributed by atoms with Gasteiger partial charge in [-0.15, -0.1) is 0 Å². The molecule has 118 valence electrons. The van der Waals surface area contributed by atoms with Crippen molar-refractivity contribution in [3.8, 4) is 0 Å². The van der Waals surface area contributed by atoms with Gasteiger partial charge in [-0.1, -0.05) is 19.1 Å². The molecule has 0 aliphatic carbocycles. The standard InChI is InChI=1S/C16H21N3O2S/c1-5-13-18-15(22-19-13)17-12-8-6-7-11(9-12)10-14(20)21-16(2,3)4/h6-9H,5,10H2,1-4H3,(H,17,18,19). The average Bonchev–Trinajstić information content (AvgIpc) is 2.84. The van der Waals surface area contributed by atoms with Crippen LogP contribution in [0.2, 0.25) is 0 Å². The van der Waals surface area contributed by atoms with Gasteiger partial charge in [0.1, 0.15) is 11.4 Å². The zero-order valence-corrected chi connectivity index (χ0v) is 14.2. The molecule has 0 bridgehead atoms. The second-order valence-electron chi connectivity index (χ2n) is 5.96. The number of carbonyl (C=O) groups excluding carboxylic acids is 1. The van der Waals surface area contributed by atoms with E-state index in [0.717, 1.165) is 28.6 Å². The molecule has 0 aliphatic heterocycles. The van der Waals surface area contributed by atoms with Crippen molar-refractivity contribution < 1.29 is 9.53 Å². The highest BCUT2D eigenvalue weighted by atomic mass is 32.1. The van der Waals surface area contributed by atoms with E-state index in [4.69, 9.17) is 4.74 Å². The Morgan fingerprint density at radius 2 is 2.14 bits per heavy atom. The minimum atomic E-state index is -0.462. The quantitative estimate of drug-likeness (QED) is 0.851. The molecular formula is C16H21N3O2S. The normalized spacial score (nSPS) is 11.3.